The van der Waals surface area contributed by atoms with Crippen molar-refractivity contribution in [3.63, 3.8) is 0 Å². The fraction of sp³-hybridized carbons (Fsp3) is 0.538. The van der Waals surface area contributed by atoms with Gasteiger partial charge < -0.3 is 0 Å². The molecule has 0 heterocycles. The van der Waals surface area contributed by atoms with Gasteiger partial charge >= 0.3 is 0 Å². The second-order valence-corrected chi connectivity index (χ2v) is 4.25. The molecule has 0 aromatic rings. The molecule has 0 bridgehead atoms. The molecule has 0 amide bonds. The van der Waals surface area contributed by atoms with Gasteiger partial charge in [0.05, 0.1) is 0 Å². The highest BCUT2D eigenvalue weighted by Crippen LogP contribution is 2.31. The second kappa shape index (κ2) is 5.92. The minimum Gasteiger partial charge on any atom is -0.209 e. The first kappa shape index (κ1) is 13.1. The smallest absolute Gasteiger partial charge is 0.189 e. The summed E-state index contributed by atoms with van der Waals surface area (Å²) in [5, 5.41) is 0. The lowest BCUT2D eigenvalue weighted by Crippen LogP contribution is -2.07. The summed E-state index contributed by atoms with van der Waals surface area (Å²) in [5.74, 6) is -3.50. The molecular weight excluding hydrogens is 213 g/mol. The zero-order chi connectivity index (χ0) is 12.1. The maximum atomic E-state index is 13.2. The number of hydrogen-bond donors (Lipinski definition) is 0. The van der Waals surface area contributed by atoms with Crippen LogP contribution in [0.4, 0.5) is 13.2 Å². The Morgan fingerprint density at radius 3 is 2.19 bits per heavy atom. The third-order valence-electron chi connectivity index (χ3n) is 2.95. The lowest BCUT2D eigenvalue weighted by atomic mass is 9.84. The second-order valence-electron chi connectivity index (χ2n) is 4.25. The Balaban J connectivity index is 2.68. The van der Waals surface area contributed by atoms with Gasteiger partial charge in [-0.3, -0.25) is 0 Å². The van der Waals surface area contributed by atoms with Gasteiger partial charge in [0.1, 0.15) is 5.83 Å². The van der Waals surface area contributed by atoms with E-state index < -0.39 is 17.5 Å². The zero-order valence-corrected chi connectivity index (χ0v) is 9.53. The highest BCUT2D eigenvalue weighted by atomic mass is 19.2. The first-order chi connectivity index (χ1) is 7.52. The van der Waals surface area contributed by atoms with Gasteiger partial charge in [-0.25, -0.2) is 13.2 Å². The maximum Gasteiger partial charge on any atom is 0.189 e. The largest absolute Gasteiger partial charge is 0.209 e. The third-order valence-corrected chi connectivity index (χ3v) is 2.95. The Bertz CT molecular complexity index is 316. The Morgan fingerprint density at radius 1 is 1.12 bits per heavy atom. The molecule has 0 aromatic heterocycles. The van der Waals surface area contributed by atoms with Crippen LogP contribution in [0.3, 0.4) is 0 Å². The number of halogens is 3. The van der Waals surface area contributed by atoms with E-state index in [9.17, 15) is 13.2 Å². The van der Waals surface area contributed by atoms with Gasteiger partial charge in [0.25, 0.3) is 0 Å². The summed E-state index contributed by atoms with van der Waals surface area (Å²) in [5.41, 5.74) is 0.564. The Hall–Kier alpha value is -0.990. The van der Waals surface area contributed by atoms with E-state index >= 15 is 0 Å². The van der Waals surface area contributed by atoms with Crippen molar-refractivity contribution in [1.29, 1.82) is 0 Å². The van der Waals surface area contributed by atoms with Crippen LogP contribution in [0.25, 0.3) is 0 Å². The standard InChI is InChI=1S/C13H17F3/c1-9(11-6-4-3-5-7-11)8-12(15)13(16)10(2)14/h8,11H,1,3-7H2,2H3/b12-8+,13-10-. The molecule has 90 valence electrons. The van der Waals surface area contributed by atoms with Gasteiger partial charge in [0.2, 0.25) is 0 Å². The van der Waals surface area contributed by atoms with Crippen molar-refractivity contribution in [2.75, 3.05) is 0 Å². The van der Waals surface area contributed by atoms with Crippen molar-refractivity contribution in [2.24, 2.45) is 5.92 Å². The van der Waals surface area contributed by atoms with Crippen LogP contribution in [0.2, 0.25) is 0 Å². The molecule has 1 aliphatic carbocycles. The van der Waals surface area contributed by atoms with E-state index in [0.29, 0.717) is 5.57 Å². The van der Waals surface area contributed by atoms with Gasteiger partial charge in [-0.2, -0.15) is 0 Å². The lowest BCUT2D eigenvalue weighted by Gasteiger charge is -2.21. The summed E-state index contributed by atoms with van der Waals surface area (Å²) < 4.78 is 38.5. The summed E-state index contributed by atoms with van der Waals surface area (Å²) in [4.78, 5) is 0. The molecule has 0 saturated heterocycles. The minimum absolute atomic E-state index is 0.215. The summed E-state index contributed by atoms with van der Waals surface area (Å²) in [6.45, 7) is 4.63. The summed E-state index contributed by atoms with van der Waals surface area (Å²) >= 11 is 0. The molecule has 0 radical (unpaired) electrons. The Morgan fingerprint density at radius 2 is 1.69 bits per heavy atom. The molecule has 1 saturated carbocycles. The van der Waals surface area contributed by atoms with Crippen molar-refractivity contribution in [3.8, 4) is 0 Å². The molecule has 0 unspecified atom stereocenters. The monoisotopic (exact) mass is 230 g/mol. The quantitative estimate of drug-likeness (QED) is 0.588. The van der Waals surface area contributed by atoms with Crippen molar-refractivity contribution < 1.29 is 13.2 Å². The fourth-order valence-electron chi connectivity index (χ4n) is 1.98. The lowest BCUT2D eigenvalue weighted by molar-refractivity contribution is 0.407. The van der Waals surface area contributed by atoms with Crippen molar-refractivity contribution in [2.45, 2.75) is 39.0 Å². The number of hydrogen-bond acceptors (Lipinski definition) is 0. The van der Waals surface area contributed by atoms with E-state index in [0.717, 1.165) is 38.7 Å². The van der Waals surface area contributed by atoms with E-state index in [1.54, 1.807) is 0 Å². The topological polar surface area (TPSA) is 0 Å². The third kappa shape index (κ3) is 3.54. The molecule has 0 N–H and O–H groups in total. The van der Waals surface area contributed by atoms with Gasteiger partial charge in [-0.15, -0.1) is 0 Å². The Labute approximate surface area is 94.5 Å². The molecule has 16 heavy (non-hydrogen) atoms. The number of rotatable bonds is 3. The maximum absolute atomic E-state index is 13.2. The SMILES string of the molecule is C=C(/C=C(F)\C(F)=C(/C)F)C1CCCCC1. The normalized spacial score (nSPS) is 20.6. The molecule has 0 atom stereocenters. The van der Waals surface area contributed by atoms with Crippen LogP contribution in [0.15, 0.2) is 35.7 Å². The van der Waals surface area contributed by atoms with Crippen LogP contribution in [0.1, 0.15) is 39.0 Å². The van der Waals surface area contributed by atoms with E-state index in [2.05, 4.69) is 6.58 Å². The summed E-state index contributed by atoms with van der Waals surface area (Å²) in [7, 11) is 0. The van der Waals surface area contributed by atoms with Crippen LogP contribution in [-0.2, 0) is 0 Å². The molecule has 0 nitrogen and oxygen atoms in total. The summed E-state index contributed by atoms with van der Waals surface area (Å²) in [6.07, 6.45) is 6.33. The van der Waals surface area contributed by atoms with Crippen LogP contribution in [0, 0.1) is 5.92 Å². The predicted molar refractivity (Wildman–Crippen MR) is 59.8 cm³/mol. The fourth-order valence-corrected chi connectivity index (χ4v) is 1.98. The molecule has 0 aromatic carbocycles. The highest BCUT2D eigenvalue weighted by Gasteiger charge is 2.17. The highest BCUT2D eigenvalue weighted by molar-refractivity contribution is 5.30. The van der Waals surface area contributed by atoms with Gasteiger partial charge in [-0.05, 0) is 37.3 Å². The zero-order valence-electron chi connectivity index (χ0n) is 9.53. The van der Waals surface area contributed by atoms with Crippen LogP contribution in [-0.4, -0.2) is 0 Å². The van der Waals surface area contributed by atoms with Crippen molar-refractivity contribution in [3.05, 3.63) is 35.7 Å². The predicted octanol–water partition coefficient (Wildman–Crippen LogP) is 5.15. The van der Waals surface area contributed by atoms with Crippen LogP contribution < -0.4 is 0 Å². The van der Waals surface area contributed by atoms with Gasteiger partial charge in [0, 0.05) is 0 Å². The van der Waals surface area contributed by atoms with Gasteiger partial charge in [0.15, 0.2) is 11.7 Å². The first-order valence-electron chi connectivity index (χ1n) is 5.60. The van der Waals surface area contributed by atoms with Crippen LogP contribution in [0.5, 0.6) is 0 Å². The minimum atomic E-state index is -1.42. The molecule has 0 spiro atoms. The molecule has 1 fully saturated rings. The van der Waals surface area contributed by atoms with Crippen LogP contribution >= 0.6 is 0 Å². The average Bonchev–Trinajstić information content (AvgIpc) is 2.28. The van der Waals surface area contributed by atoms with E-state index in [-0.39, 0.29) is 5.92 Å². The van der Waals surface area contributed by atoms with Crippen molar-refractivity contribution >= 4 is 0 Å². The summed E-state index contributed by atoms with van der Waals surface area (Å²) in [6, 6.07) is 0. The Kier molecular flexibility index (Phi) is 4.84. The molecular formula is C13H17F3. The van der Waals surface area contributed by atoms with Crippen molar-refractivity contribution in [1.82, 2.24) is 0 Å². The number of allylic oxidation sites excluding steroid dienone is 5. The molecule has 1 rings (SSSR count). The first-order valence-corrected chi connectivity index (χ1v) is 5.60. The average molecular weight is 230 g/mol. The van der Waals surface area contributed by atoms with Gasteiger partial charge in [-0.1, -0.05) is 25.8 Å². The molecule has 3 heteroatoms. The molecule has 1 aliphatic rings. The van der Waals surface area contributed by atoms with E-state index in [1.165, 1.54) is 6.42 Å². The van der Waals surface area contributed by atoms with E-state index in [4.69, 9.17) is 0 Å². The van der Waals surface area contributed by atoms with E-state index in [1.807, 2.05) is 0 Å². The molecule has 0 aliphatic heterocycles.